The van der Waals surface area contributed by atoms with E-state index in [0.717, 1.165) is 12.2 Å². The van der Waals surface area contributed by atoms with Crippen LogP contribution in [0.1, 0.15) is 11.1 Å². The minimum Gasteiger partial charge on any atom is -0.545 e. The van der Waals surface area contributed by atoms with Gasteiger partial charge in [0.05, 0.1) is 19.0 Å². The van der Waals surface area contributed by atoms with Crippen LogP contribution < -0.4 is 19.7 Å². The van der Waals surface area contributed by atoms with Crippen LogP contribution in [0.5, 0.6) is 5.75 Å². The number of benzene rings is 2. The van der Waals surface area contributed by atoms with Gasteiger partial charge < -0.3 is 24.5 Å². The van der Waals surface area contributed by atoms with Crippen LogP contribution in [0, 0.1) is 0 Å². The number of carboxylic acids is 2. The third-order valence-corrected chi connectivity index (χ3v) is 4.84. The first-order chi connectivity index (χ1) is 13.2. The van der Waals surface area contributed by atoms with E-state index in [4.69, 9.17) is 4.74 Å². The van der Waals surface area contributed by atoms with Crippen molar-refractivity contribution in [1.82, 2.24) is 0 Å². The summed E-state index contributed by atoms with van der Waals surface area (Å²) in [6, 6.07) is 10.2. The van der Waals surface area contributed by atoms with Gasteiger partial charge in [0, 0.05) is 5.69 Å². The molecule has 0 amide bonds. The number of carbonyl (C=O) groups excluding carboxylic acids is 2. The normalized spacial score (nSPS) is 11.6. The second-order valence-corrected chi connectivity index (χ2v) is 7.10. The van der Waals surface area contributed by atoms with Crippen LogP contribution in [0.2, 0.25) is 0 Å². The molecule has 0 atom stereocenters. The van der Waals surface area contributed by atoms with E-state index in [2.05, 4.69) is 4.72 Å². The Morgan fingerprint density at radius 2 is 1.57 bits per heavy atom. The lowest BCUT2D eigenvalue weighted by atomic mass is 10.2. The molecule has 0 bridgehead atoms. The highest BCUT2D eigenvalue weighted by molar-refractivity contribution is 7.92. The zero-order chi connectivity index (χ0) is 20.7. The van der Waals surface area contributed by atoms with Crippen LogP contribution in [0.15, 0.2) is 59.5 Å². The first-order valence-corrected chi connectivity index (χ1v) is 9.28. The van der Waals surface area contributed by atoms with Crippen molar-refractivity contribution in [2.24, 2.45) is 0 Å². The zero-order valence-electron chi connectivity index (χ0n) is 14.6. The molecule has 146 valence electrons. The number of nitrogens with one attached hydrogen (secondary N) is 1. The summed E-state index contributed by atoms with van der Waals surface area (Å²) in [5, 5.41) is 21.0. The van der Waals surface area contributed by atoms with Gasteiger partial charge in [-0.25, -0.2) is 8.42 Å². The Labute approximate surface area is 161 Å². The van der Waals surface area contributed by atoms with Gasteiger partial charge >= 0.3 is 0 Å². The molecule has 28 heavy (non-hydrogen) atoms. The monoisotopic (exact) mass is 401 g/mol. The summed E-state index contributed by atoms with van der Waals surface area (Å²) in [5.41, 5.74) is 0.955. The lowest BCUT2D eigenvalue weighted by Gasteiger charge is -2.13. The van der Waals surface area contributed by atoms with Crippen LogP contribution in [-0.4, -0.2) is 27.5 Å². The van der Waals surface area contributed by atoms with Gasteiger partial charge in [0.1, 0.15) is 10.6 Å². The van der Waals surface area contributed by atoms with Crippen molar-refractivity contribution < 1.29 is 33.0 Å². The quantitative estimate of drug-likeness (QED) is 0.616. The van der Waals surface area contributed by atoms with Crippen molar-refractivity contribution >= 4 is 39.8 Å². The number of hydrogen-bond donors (Lipinski definition) is 1. The Balaban J connectivity index is 2.39. The number of carbonyl (C=O) groups is 2. The molecule has 0 fully saturated rings. The average molecular weight is 401 g/mol. The molecule has 2 rings (SSSR count). The van der Waals surface area contributed by atoms with Gasteiger partial charge in [0.15, 0.2) is 0 Å². The fourth-order valence-corrected chi connectivity index (χ4v) is 3.51. The number of methoxy groups -OCH3 is 1. The first kappa shape index (κ1) is 20.7. The summed E-state index contributed by atoms with van der Waals surface area (Å²) in [5.74, 6) is -2.73. The molecule has 1 N–H and O–H groups in total. The van der Waals surface area contributed by atoms with Crippen molar-refractivity contribution in [3.63, 3.8) is 0 Å². The fraction of sp³-hybridized carbons (Fsp3) is 0.0526. The third-order valence-electron chi connectivity index (χ3n) is 3.44. The SMILES string of the molecule is COc1ccc(C=CC(=O)[O-])cc1S(=O)(=O)Nc1cccc(C=CC(=O)[O-])c1. The van der Waals surface area contributed by atoms with E-state index >= 15 is 0 Å². The van der Waals surface area contributed by atoms with E-state index in [1.807, 2.05) is 0 Å². The van der Waals surface area contributed by atoms with Gasteiger partial charge in [-0.1, -0.05) is 30.4 Å². The van der Waals surface area contributed by atoms with Gasteiger partial charge in [0.25, 0.3) is 10.0 Å². The molecule has 0 aliphatic carbocycles. The van der Waals surface area contributed by atoms with Crippen LogP contribution in [-0.2, 0) is 19.6 Å². The number of carboxylic acid groups (broad SMARTS) is 2. The molecule has 0 aromatic heterocycles. The second-order valence-electron chi connectivity index (χ2n) is 5.45. The Morgan fingerprint density at radius 3 is 2.14 bits per heavy atom. The molecule has 2 aromatic carbocycles. The molecule has 2 aromatic rings. The highest BCUT2D eigenvalue weighted by Gasteiger charge is 2.20. The molecule has 0 unspecified atom stereocenters. The summed E-state index contributed by atoms with van der Waals surface area (Å²) in [4.78, 5) is 20.8. The van der Waals surface area contributed by atoms with Crippen molar-refractivity contribution in [1.29, 1.82) is 0 Å². The summed E-state index contributed by atoms with van der Waals surface area (Å²) < 4.78 is 33.0. The Kier molecular flexibility index (Phi) is 6.56. The van der Waals surface area contributed by atoms with Gasteiger partial charge in [-0.15, -0.1) is 0 Å². The molecule has 0 saturated heterocycles. The van der Waals surface area contributed by atoms with E-state index in [0.29, 0.717) is 11.1 Å². The highest BCUT2D eigenvalue weighted by Crippen LogP contribution is 2.27. The Hall–Kier alpha value is -3.59. The molecule has 0 heterocycles. The van der Waals surface area contributed by atoms with E-state index in [-0.39, 0.29) is 16.3 Å². The smallest absolute Gasteiger partial charge is 0.265 e. The molecule has 0 spiro atoms. The second kappa shape index (κ2) is 8.87. The fourth-order valence-electron chi connectivity index (χ4n) is 2.25. The largest absolute Gasteiger partial charge is 0.545 e. The number of anilines is 1. The van der Waals surface area contributed by atoms with E-state index < -0.39 is 22.0 Å². The molecule has 8 nitrogen and oxygen atoms in total. The van der Waals surface area contributed by atoms with Crippen LogP contribution in [0.4, 0.5) is 5.69 Å². The average Bonchev–Trinajstić information content (AvgIpc) is 2.64. The number of aliphatic carboxylic acids is 2. The third kappa shape index (κ3) is 5.71. The van der Waals surface area contributed by atoms with Gasteiger partial charge in [0.2, 0.25) is 0 Å². The summed E-state index contributed by atoms with van der Waals surface area (Å²) in [7, 11) is -2.79. The number of ether oxygens (including phenoxy) is 1. The molecule has 0 aliphatic rings. The van der Waals surface area contributed by atoms with Gasteiger partial charge in [-0.3, -0.25) is 4.72 Å². The topological polar surface area (TPSA) is 136 Å². The van der Waals surface area contributed by atoms with Crippen molar-refractivity contribution in [2.75, 3.05) is 11.8 Å². The van der Waals surface area contributed by atoms with Gasteiger partial charge in [-0.05, 0) is 47.5 Å². The lowest BCUT2D eigenvalue weighted by molar-refractivity contribution is -0.298. The minimum absolute atomic E-state index is 0.0612. The molecular formula is C19H15NO7S-2. The summed E-state index contributed by atoms with van der Waals surface area (Å²) >= 11 is 0. The maximum atomic E-state index is 12.8. The van der Waals surface area contributed by atoms with Crippen LogP contribution in [0.3, 0.4) is 0 Å². The first-order valence-electron chi connectivity index (χ1n) is 7.80. The highest BCUT2D eigenvalue weighted by atomic mass is 32.2. The minimum atomic E-state index is -4.09. The molecule has 9 heteroatoms. The van der Waals surface area contributed by atoms with Crippen LogP contribution >= 0.6 is 0 Å². The predicted molar refractivity (Wildman–Crippen MR) is 98.3 cm³/mol. The standard InChI is InChI=1S/C19H17NO7S/c1-27-16-8-5-14(7-10-19(23)24)12-17(16)28(25,26)20-15-4-2-3-13(11-15)6-9-18(21)22/h2-12,20H,1H3,(H,21,22)(H,23,24)/p-2. The maximum absolute atomic E-state index is 12.8. The van der Waals surface area contributed by atoms with Gasteiger partial charge in [-0.2, -0.15) is 0 Å². The van der Waals surface area contributed by atoms with E-state index in [1.165, 1.54) is 49.6 Å². The number of rotatable bonds is 8. The lowest BCUT2D eigenvalue weighted by Crippen LogP contribution is -2.18. The number of sulfonamides is 1. The zero-order valence-corrected chi connectivity index (χ0v) is 15.4. The number of hydrogen-bond acceptors (Lipinski definition) is 7. The molecule has 0 saturated carbocycles. The van der Waals surface area contributed by atoms with E-state index in [1.54, 1.807) is 12.1 Å². The molecular weight excluding hydrogens is 386 g/mol. The summed E-state index contributed by atoms with van der Waals surface area (Å²) in [6.07, 6.45) is 4.06. The summed E-state index contributed by atoms with van der Waals surface area (Å²) in [6.45, 7) is 0. The van der Waals surface area contributed by atoms with Crippen LogP contribution in [0.25, 0.3) is 12.2 Å². The Bertz CT molecular complexity index is 1060. The maximum Gasteiger partial charge on any atom is 0.265 e. The molecule has 0 radical (unpaired) electrons. The van der Waals surface area contributed by atoms with Crippen molar-refractivity contribution in [3.05, 3.63) is 65.7 Å². The van der Waals surface area contributed by atoms with Crippen molar-refractivity contribution in [2.45, 2.75) is 4.90 Å². The molecule has 0 aliphatic heterocycles. The predicted octanol–water partition coefficient (Wildman–Crippen LogP) is 0.0222. The van der Waals surface area contributed by atoms with Crippen molar-refractivity contribution in [3.8, 4) is 5.75 Å². The van der Waals surface area contributed by atoms with E-state index in [9.17, 15) is 28.2 Å². The Morgan fingerprint density at radius 1 is 0.964 bits per heavy atom.